The number of hydrogen-bond donors (Lipinski definition) is 2. The fraction of sp³-hybridized carbons (Fsp3) is 0.515. The molecule has 2 N–H and O–H groups in total. The van der Waals surface area contributed by atoms with Gasteiger partial charge in [0.25, 0.3) is 0 Å². The molecule has 3 heterocycles. The Morgan fingerprint density at radius 1 is 1.07 bits per heavy atom. The number of nitrogens with zero attached hydrogens (tertiary/aromatic N) is 7. The molecule has 0 spiro atoms. The molecule has 234 valence electrons. The maximum atomic E-state index is 14.0. The zero-order valence-corrected chi connectivity index (χ0v) is 27.6. The van der Waals surface area contributed by atoms with Gasteiger partial charge in [-0.25, -0.2) is 19.7 Å². The molecule has 10 heteroatoms. The molecule has 43 heavy (non-hydrogen) atoms. The number of hydrogen-bond acceptors (Lipinski definition) is 8. The van der Waals surface area contributed by atoms with Crippen molar-refractivity contribution in [1.82, 2.24) is 30.0 Å². The Labute approximate surface area is 258 Å². The highest BCUT2D eigenvalue weighted by molar-refractivity contribution is 6.06. The van der Waals surface area contributed by atoms with Crippen LogP contribution in [0.5, 0.6) is 0 Å². The molecule has 4 rings (SSSR count). The lowest BCUT2D eigenvalue weighted by atomic mass is 10.1. The highest BCUT2D eigenvalue weighted by atomic mass is 16.2. The van der Waals surface area contributed by atoms with E-state index >= 15 is 0 Å². The van der Waals surface area contributed by atoms with Gasteiger partial charge in [-0.15, -0.1) is 0 Å². The van der Waals surface area contributed by atoms with Crippen LogP contribution in [0.3, 0.4) is 0 Å². The summed E-state index contributed by atoms with van der Waals surface area (Å²) in [5.41, 5.74) is 6.00. The number of urea groups is 1. The number of rotatable bonds is 8. The predicted octanol–water partition coefficient (Wildman–Crippen LogP) is 5.07. The van der Waals surface area contributed by atoms with Crippen molar-refractivity contribution in [2.24, 2.45) is 4.99 Å². The molecule has 1 fully saturated rings. The Balaban J connectivity index is 1.59. The highest BCUT2D eigenvalue weighted by Crippen LogP contribution is 2.25. The molecule has 0 atom stereocenters. The lowest BCUT2D eigenvalue weighted by Gasteiger charge is -2.35. The molecule has 0 saturated carbocycles. The lowest BCUT2D eigenvalue weighted by molar-refractivity contribution is 0.0511. The molecule has 0 bridgehead atoms. The third-order valence-electron chi connectivity index (χ3n) is 8.32. The van der Waals surface area contributed by atoms with Gasteiger partial charge in [-0.2, -0.15) is 0 Å². The molecule has 3 aliphatic heterocycles. The van der Waals surface area contributed by atoms with Gasteiger partial charge in [-0.1, -0.05) is 18.6 Å². The van der Waals surface area contributed by atoms with Crippen molar-refractivity contribution < 1.29 is 4.79 Å². The fourth-order valence-corrected chi connectivity index (χ4v) is 5.61. The summed E-state index contributed by atoms with van der Waals surface area (Å²) in [6.45, 7) is 21.0. The Kier molecular flexibility index (Phi) is 10.6. The van der Waals surface area contributed by atoms with Crippen LogP contribution in [0.1, 0.15) is 48.5 Å². The second kappa shape index (κ2) is 14.1. The third kappa shape index (κ3) is 7.61. The van der Waals surface area contributed by atoms with Crippen LogP contribution >= 0.6 is 0 Å². The smallest absolute Gasteiger partial charge is 0.331 e. The normalized spacial score (nSPS) is 18.4. The Hall–Kier alpha value is -3.76. The zero-order valence-electron chi connectivity index (χ0n) is 27.6. The molecular formula is C33H51N9O. The number of nitrogens with one attached hydrogen (secondary N) is 2. The Bertz CT molecular complexity index is 1300. The molecule has 1 aromatic carbocycles. The molecule has 0 aliphatic carbocycles. The largest absolute Gasteiger partial charge is 0.369 e. The van der Waals surface area contributed by atoms with E-state index in [1.54, 1.807) is 4.90 Å². The second-order valence-corrected chi connectivity index (χ2v) is 12.0. The van der Waals surface area contributed by atoms with Crippen LogP contribution in [0.15, 0.2) is 76.0 Å². The number of carbonyl (C=O) groups is 1. The third-order valence-corrected chi connectivity index (χ3v) is 8.32. The number of piperazine rings is 1. The minimum absolute atomic E-state index is 0.228. The molecule has 1 aromatic rings. The van der Waals surface area contributed by atoms with Crippen molar-refractivity contribution in [3.05, 3.63) is 71.0 Å². The topological polar surface area (TPSA) is 72.9 Å². The summed E-state index contributed by atoms with van der Waals surface area (Å²) in [5, 5.41) is 11.0. The summed E-state index contributed by atoms with van der Waals surface area (Å²) >= 11 is 0. The number of carbonyl (C=O) groups excluding carboxylic acids is 1. The summed E-state index contributed by atoms with van der Waals surface area (Å²) < 4.78 is 0. The number of amides is 2. The van der Waals surface area contributed by atoms with Gasteiger partial charge >= 0.3 is 6.03 Å². The van der Waals surface area contributed by atoms with Crippen LogP contribution in [-0.2, 0) is 0 Å². The fourth-order valence-electron chi connectivity index (χ4n) is 5.61. The number of aliphatic imine (C=N–C) groups is 1. The van der Waals surface area contributed by atoms with Gasteiger partial charge in [-0.05, 0) is 77.9 Å². The Morgan fingerprint density at radius 2 is 1.74 bits per heavy atom. The van der Waals surface area contributed by atoms with Crippen molar-refractivity contribution in [2.45, 2.75) is 54.5 Å². The van der Waals surface area contributed by atoms with Crippen molar-refractivity contribution in [3.63, 3.8) is 0 Å². The molecular weight excluding hydrogens is 538 g/mol. The van der Waals surface area contributed by atoms with Crippen LogP contribution in [0.25, 0.3) is 0 Å². The molecule has 1 saturated heterocycles. The van der Waals surface area contributed by atoms with Gasteiger partial charge < -0.3 is 30.3 Å². The van der Waals surface area contributed by atoms with Gasteiger partial charge in [-0.3, -0.25) is 0 Å². The van der Waals surface area contributed by atoms with Crippen LogP contribution in [0, 0.1) is 0 Å². The van der Waals surface area contributed by atoms with Crippen molar-refractivity contribution in [3.8, 4) is 0 Å². The predicted molar refractivity (Wildman–Crippen MR) is 178 cm³/mol. The first kappa shape index (κ1) is 32.2. The van der Waals surface area contributed by atoms with Gasteiger partial charge in [0.15, 0.2) is 0 Å². The van der Waals surface area contributed by atoms with Crippen LogP contribution < -0.4 is 15.5 Å². The summed E-state index contributed by atoms with van der Waals surface area (Å²) in [7, 11) is 4.04. The van der Waals surface area contributed by atoms with E-state index < -0.39 is 0 Å². The standard InChI is InChI=1S/C33H51N9O/c1-10-26(7)32(24(3)4)36-33(43)42(29-21-38(9)41(22-29)25(5)6)30-20-31(37(8)23-34-30)35-27-12-14-28(15-13-27)40-18-16-39(11-2)17-19-40/h10,12-15,20,22,25,35H,11,16-19,21,23H2,1-9H3,(H,36,43)/b26-10-. The van der Waals surface area contributed by atoms with Crippen LogP contribution in [0.2, 0.25) is 0 Å². The number of benzene rings is 1. The zero-order chi connectivity index (χ0) is 31.3. The number of likely N-dealkylation sites (N-methyl/N-ethyl adjacent to an activating group) is 2. The molecule has 0 unspecified atom stereocenters. The maximum Gasteiger partial charge on any atom is 0.331 e. The minimum Gasteiger partial charge on any atom is -0.369 e. The number of anilines is 2. The van der Waals surface area contributed by atoms with Gasteiger partial charge in [0.05, 0.1) is 12.2 Å². The first-order valence-electron chi connectivity index (χ1n) is 15.5. The molecule has 0 radical (unpaired) electrons. The molecule has 3 aliphatic rings. The van der Waals surface area contributed by atoms with E-state index in [0.29, 0.717) is 19.0 Å². The van der Waals surface area contributed by atoms with E-state index in [0.717, 1.165) is 66.8 Å². The van der Waals surface area contributed by atoms with E-state index in [9.17, 15) is 4.79 Å². The molecule has 0 aromatic heterocycles. The number of allylic oxidation sites excluding steroid dienone is 3. The second-order valence-electron chi connectivity index (χ2n) is 12.0. The van der Waals surface area contributed by atoms with Crippen LogP contribution in [0.4, 0.5) is 16.2 Å². The van der Waals surface area contributed by atoms with E-state index in [4.69, 9.17) is 4.99 Å². The molecule has 2 amide bonds. The maximum absolute atomic E-state index is 14.0. The monoisotopic (exact) mass is 589 g/mol. The highest BCUT2D eigenvalue weighted by Gasteiger charge is 2.32. The summed E-state index contributed by atoms with van der Waals surface area (Å²) in [5.74, 6) is 1.48. The van der Waals surface area contributed by atoms with E-state index in [1.807, 2.05) is 53.9 Å². The lowest BCUT2D eigenvalue weighted by Crippen LogP contribution is -2.46. The first-order chi connectivity index (χ1) is 20.5. The number of hydrazine groups is 1. The van der Waals surface area contributed by atoms with Crippen molar-refractivity contribution >= 4 is 23.2 Å². The summed E-state index contributed by atoms with van der Waals surface area (Å²) in [6, 6.07) is 8.66. The molecule has 10 nitrogen and oxygen atoms in total. The van der Waals surface area contributed by atoms with E-state index in [1.165, 1.54) is 5.69 Å². The number of amidine groups is 1. The van der Waals surface area contributed by atoms with Gasteiger partial charge in [0.2, 0.25) is 0 Å². The SMILES string of the molecule is C/C=C(/C)C(NC(=O)N(C1=CN(C(C)C)N(C)C1)C1=NCN(C)C(Nc2ccc(N3CCN(CC)CC3)cc2)=C1)=C(C)C. The quantitative estimate of drug-likeness (QED) is 0.411. The van der Waals surface area contributed by atoms with Crippen molar-refractivity contribution in [2.75, 3.05) is 70.2 Å². The first-order valence-corrected chi connectivity index (χ1v) is 15.5. The summed E-state index contributed by atoms with van der Waals surface area (Å²) in [4.78, 5) is 27.6. The summed E-state index contributed by atoms with van der Waals surface area (Å²) in [6.07, 6.45) is 6.03. The Morgan fingerprint density at radius 3 is 2.30 bits per heavy atom. The van der Waals surface area contributed by atoms with Gasteiger partial charge in [0.1, 0.15) is 18.3 Å². The van der Waals surface area contributed by atoms with E-state index in [-0.39, 0.29) is 12.1 Å². The van der Waals surface area contributed by atoms with Crippen LogP contribution in [-0.4, -0.2) is 103 Å². The van der Waals surface area contributed by atoms with Crippen molar-refractivity contribution in [1.29, 1.82) is 0 Å². The van der Waals surface area contributed by atoms with Gasteiger partial charge in [0, 0.05) is 75.7 Å². The average molecular weight is 590 g/mol. The average Bonchev–Trinajstić information content (AvgIpc) is 3.38. The minimum atomic E-state index is -0.228. The van der Waals surface area contributed by atoms with E-state index in [2.05, 4.69) is 86.6 Å².